The summed E-state index contributed by atoms with van der Waals surface area (Å²) < 4.78 is 13.6. The first kappa shape index (κ1) is 18.4. The van der Waals surface area contributed by atoms with Crippen molar-refractivity contribution in [1.82, 2.24) is 10.2 Å². The molecule has 0 saturated carbocycles. The number of nitrogens with one attached hydrogen (secondary N) is 1. The first-order chi connectivity index (χ1) is 12.6. The summed E-state index contributed by atoms with van der Waals surface area (Å²) in [6, 6.07) is 15.1. The molecule has 1 saturated heterocycles. The van der Waals surface area contributed by atoms with Gasteiger partial charge in [0.2, 0.25) is 5.91 Å². The van der Waals surface area contributed by atoms with Crippen molar-refractivity contribution in [2.75, 3.05) is 37.6 Å². The van der Waals surface area contributed by atoms with Crippen molar-refractivity contribution >= 4 is 11.6 Å². The van der Waals surface area contributed by atoms with E-state index in [1.807, 2.05) is 0 Å². The normalized spacial score (nSPS) is 15.1. The number of hydrogen-bond donors (Lipinski definition) is 1. The van der Waals surface area contributed by atoms with Gasteiger partial charge in [-0.3, -0.25) is 9.69 Å². The molecule has 2 aromatic rings. The maximum Gasteiger partial charge on any atom is 0.221 e. The average Bonchev–Trinajstić information content (AvgIpc) is 2.66. The molecule has 1 aliphatic rings. The van der Waals surface area contributed by atoms with E-state index in [0.29, 0.717) is 12.0 Å². The highest BCUT2D eigenvalue weighted by atomic mass is 19.1. The molecule has 1 aliphatic heterocycles. The molecule has 0 spiro atoms. The molecule has 0 radical (unpaired) electrons. The zero-order chi connectivity index (χ0) is 18.4. The van der Waals surface area contributed by atoms with Crippen molar-refractivity contribution in [3.05, 3.63) is 65.5 Å². The Hall–Kier alpha value is -2.40. The first-order valence-electron chi connectivity index (χ1n) is 9.16. The monoisotopic (exact) mass is 355 g/mol. The molecule has 0 aliphatic carbocycles. The van der Waals surface area contributed by atoms with Gasteiger partial charge in [0, 0.05) is 56.9 Å². The van der Waals surface area contributed by atoms with Crippen LogP contribution < -0.4 is 10.2 Å². The minimum atomic E-state index is -0.278. The molecule has 0 atom stereocenters. The molecule has 5 heteroatoms. The molecular weight excluding hydrogens is 329 g/mol. The number of hydrogen-bond acceptors (Lipinski definition) is 3. The molecule has 3 rings (SSSR count). The van der Waals surface area contributed by atoms with Gasteiger partial charge in [-0.1, -0.05) is 30.3 Å². The van der Waals surface area contributed by atoms with E-state index >= 15 is 0 Å². The lowest BCUT2D eigenvalue weighted by Crippen LogP contribution is -2.47. The predicted octanol–water partition coefficient (Wildman–Crippen LogP) is 2.96. The van der Waals surface area contributed by atoms with Gasteiger partial charge in [0.25, 0.3) is 0 Å². The van der Waals surface area contributed by atoms with Crippen LogP contribution in [0.15, 0.2) is 48.5 Å². The maximum absolute atomic E-state index is 13.6. The highest BCUT2D eigenvalue weighted by molar-refractivity contribution is 5.76. The van der Waals surface area contributed by atoms with Crippen molar-refractivity contribution in [3.8, 4) is 0 Å². The predicted molar refractivity (Wildman–Crippen MR) is 103 cm³/mol. The number of halogens is 1. The van der Waals surface area contributed by atoms with Crippen molar-refractivity contribution < 1.29 is 9.18 Å². The van der Waals surface area contributed by atoms with Crippen molar-refractivity contribution in [3.63, 3.8) is 0 Å². The molecule has 4 nitrogen and oxygen atoms in total. The third kappa shape index (κ3) is 5.05. The highest BCUT2D eigenvalue weighted by Gasteiger charge is 2.17. The summed E-state index contributed by atoms with van der Waals surface area (Å²) in [7, 11) is 0. The lowest BCUT2D eigenvalue weighted by atomic mass is 10.2. The van der Waals surface area contributed by atoms with Gasteiger partial charge in [-0.25, -0.2) is 4.39 Å². The van der Waals surface area contributed by atoms with Crippen molar-refractivity contribution in [1.29, 1.82) is 0 Å². The van der Waals surface area contributed by atoms with Crippen LogP contribution in [0.1, 0.15) is 17.5 Å². The number of benzene rings is 2. The second-order valence-electron chi connectivity index (χ2n) is 6.79. The lowest BCUT2D eigenvalue weighted by Gasteiger charge is -2.36. The van der Waals surface area contributed by atoms with Crippen LogP contribution >= 0.6 is 0 Å². The number of aryl methyl sites for hydroxylation is 1. The molecule has 1 fully saturated rings. The van der Waals surface area contributed by atoms with Gasteiger partial charge in [-0.05, 0) is 30.7 Å². The number of rotatable bonds is 6. The van der Waals surface area contributed by atoms with E-state index in [-0.39, 0.29) is 18.3 Å². The van der Waals surface area contributed by atoms with Crippen LogP contribution in [0, 0.1) is 12.7 Å². The largest absolute Gasteiger partial charge is 0.369 e. The Balaban J connectivity index is 1.38. The fraction of sp³-hybridized carbons (Fsp3) is 0.381. The van der Waals surface area contributed by atoms with Gasteiger partial charge in [-0.2, -0.15) is 0 Å². The number of piperazine rings is 1. The van der Waals surface area contributed by atoms with Crippen LogP contribution in [-0.4, -0.2) is 43.5 Å². The number of anilines is 1. The van der Waals surface area contributed by atoms with Crippen LogP contribution in [0.2, 0.25) is 0 Å². The number of amides is 1. The van der Waals surface area contributed by atoms with E-state index < -0.39 is 0 Å². The Morgan fingerprint density at radius 2 is 1.85 bits per heavy atom. The van der Waals surface area contributed by atoms with Gasteiger partial charge in [0.1, 0.15) is 5.82 Å². The molecule has 1 N–H and O–H groups in total. The van der Waals surface area contributed by atoms with Crippen LogP contribution in [0.25, 0.3) is 0 Å². The van der Waals surface area contributed by atoms with Crippen LogP contribution in [0.3, 0.4) is 0 Å². The third-order valence-electron chi connectivity index (χ3n) is 4.83. The Morgan fingerprint density at radius 3 is 2.58 bits per heavy atom. The van der Waals surface area contributed by atoms with Crippen LogP contribution in [-0.2, 0) is 11.3 Å². The molecular formula is C21H26FN3O. The Morgan fingerprint density at radius 1 is 1.08 bits per heavy atom. The quantitative estimate of drug-likeness (QED) is 0.865. The fourth-order valence-corrected chi connectivity index (χ4v) is 3.24. The standard InChI is InChI=1S/C21H26FN3O/c1-17-5-4-7-19(15-17)25-13-11-24(12-14-25)10-9-21(26)23-16-18-6-2-3-8-20(18)22/h2-8,15H,9-14,16H2,1H3,(H,23,26). The Kier molecular flexibility index (Phi) is 6.23. The zero-order valence-electron chi connectivity index (χ0n) is 15.2. The first-order valence-corrected chi connectivity index (χ1v) is 9.16. The maximum atomic E-state index is 13.6. The van der Waals surface area contributed by atoms with Gasteiger partial charge < -0.3 is 10.2 Å². The third-order valence-corrected chi connectivity index (χ3v) is 4.83. The lowest BCUT2D eigenvalue weighted by molar-refractivity contribution is -0.121. The minimum Gasteiger partial charge on any atom is -0.369 e. The van der Waals surface area contributed by atoms with Gasteiger partial charge >= 0.3 is 0 Å². The summed E-state index contributed by atoms with van der Waals surface area (Å²) in [5.74, 6) is -0.311. The Labute approximate surface area is 154 Å². The van der Waals surface area contributed by atoms with Crippen molar-refractivity contribution in [2.24, 2.45) is 0 Å². The number of nitrogens with zero attached hydrogens (tertiary/aromatic N) is 2. The summed E-state index contributed by atoms with van der Waals surface area (Å²) in [6.45, 7) is 6.95. The van der Waals surface area contributed by atoms with Gasteiger partial charge in [0.15, 0.2) is 0 Å². The number of carbonyl (C=O) groups excluding carboxylic acids is 1. The van der Waals surface area contributed by atoms with Gasteiger partial charge in [0.05, 0.1) is 0 Å². The topological polar surface area (TPSA) is 35.6 Å². The smallest absolute Gasteiger partial charge is 0.221 e. The van der Waals surface area contributed by atoms with Crippen molar-refractivity contribution in [2.45, 2.75) is 19.9 Å². The number of carbonyl (C=O) groups is 1. The molecule has 0 bridgehead atoms. The zero-order valence-corrected chi connectivity index (χ0v) is 15.2. The molecule has 138 valence electrons. The van der Waals surface area contributed by atoms with E-state index in [0.717, 1.165) is 32.7 Å². The molecule has 2 aromatic carbocycles. The van der Waals surface area contributed by atoms with E-state index in [1.54, 1.807) is 18.2 Å². The van der Waals surface area contributed by atoms with E-state index in [9.17, 15) is 9.18 Å². The molecule has 1 heterocycles. The van der Waals surface area contributed by atoms with Crippen LogP contribution in [0.5, 0.6) is 0 Å². The summed E-state index contributed by atoms with van der Waals surface area (Å²) >= 11 is 0. The van der Waals surface area contributed by atoms with Crippen LogP contribution in [0.4, 0.5) is 10.1 Å². The molecule has 0 aromatic heterocycles. The summed E-state index contributed by atoms with van der Waals surface area (Å²) in [6.07, 6.45) is 0.443. The van der Waals surface area contributed by atoms with Gasteiger partial charge in [-0.15, -0.1) is 0 Å². The summed E-state index contributed by atoms with van der Waals surface area (Å²) in [5.41, 5.74) is 3.07. The van der Waals surface area contributed by atoms with E-state index in [4.69, 9.17) is 0 Å². The molecule has 1 amide bonds. The molecule has 0 unspecified atom stereocenters. The molecule has 26 heavy (non-hydrogen) atoms. The highest BCUT2D eigenvalue weighted by Crippen LogP contribution is 2.17. The minimum absolute atomic E-state index is 0.0330. The SMILES string of the molecule is Cc1cccc(N2CCN(CCC(=O)NCc3ccccc3F)CC2)c1. The Bertz CT molecular complexity index is 742. The summed E-state index contributed by atoms with van der Waals surface area (Å²) in [4.78, 5) is 16.7. The second kappa shape index (κ2) is 8.81. The fourth-order valence-electron chi connectivity index (χ4n) is 3.24. The second-order valence-corrected chi connectivity index (χ2v) is 6.79. The van der Waals surface area contributed by atoms with E-state index in [2.05, 4.69) is 46.3 Å². The average molecular weight is 355 g/mol. The van der Waals surface area contributed by atoms with E-state index in [1.165, 1.54) is 17.3 Å². The summed E-state index contributed by atoms with van der Waals surface area (Å²) in [5, 5.41) is 2.80.